The molecule has 0 aliphatic heterocycles. The molecule has 0 aliphatic carbocycles. The van der Waals surface area contributed by atoms with Crippen LogP contribution in [0.4, 0.5) is 0 Å². The van der Waals surface area contributed by atoms with E-state index in [1.807, 2.05) is 0 Å². The van der Waals surface area contributed by atoms with Crippen molar-refractivity contribution in [2.75, 3.05) is 32.8 Å². The van der Waals surface area contributed by atoms with E-state index in [4.69, 9.17) is 11.1 Å². The van der Waals surface area contributed by atoms with E-state index in [1.165, 1.54) is 0 Å². The van der Waals surface area contributed by atoms with E-state index in [0.29, 0.717) is 10.0 Å². The van der Waals surface area contributed by atoms with Crippen LogP contribution in [0.15, 0.2) is 10.2 Å². The molecular weight excluding hydrogens is 264 g/mol. The quantitative estimate of drug-likeness (QED) is 0.139. The van der Waals surface area contributed by atoms with E-state index in [0.717, 1.165) is 0 Å². The first kappa shape index (κ1) is 16.0. The molecule has 0 N–H and O–H groups in total. The van der Waals surface area contributed by atoms with Gasteiger partial charge in [0, 0.05) is 22.9 Å². The van der Waals surface area contributed by atoms with Crippen molar-refractivity contribution in [3.05, 3.63) is 41.1 Å². The average Bonchev–Trinajstić information content (AvgIpc) is 2.35. The number of hydrogen-bond donors (Lipinski definition) is 0. The molecule has 0 atom stereocenters. The van der Waals surface area contributed by atoms with E-state index in [9.17, 15) is 20.2 Å². The minimum absolute atomic E-state index is 0.195. The minimum atomic E-state index is -0.836. The van der Waals surface area contributed by atoms with Crippen molar-refractivity contribution in [1.82, 2.24) is 10.0 Å². The zero-order valence-electron chi connectivity index (χ0n) is 9.64. The van der Waals surface area contributed by atoms with Crippen molar-refractivity contribution >= 4 is 0 Å². The topological polar surface area (TPSA) is 190 Å². The Balaban J connectivity index is 4.55. The largest absolute Gasteiger partial charge is 0.235 e. The van der Waals surface area contributed by atoms with Crippen molar-refractivity contribution in [1.29, 1.82) is 0 Å². The van der Waals surface area contributed by atoms with Crippen LogP contribution in [0.3, 0.4) is 0 Å². The highest BCUT2D eigenvalue weighted by molar-refractivity contribution is 4.53. The van der Waals surface area contributed by atoms with E-state index in [1.54, 1.807) is 0 Å². The second-order valence-electron chi connectivity index (χ2n) is 2.99. The zero-order chi connectivity index (χ0) is 14.7. The third-order valence-corrected chi connectivity index (χ3v) is 1.83. The predicted octanol–water partition coefficient (Wildman–Crippen LogP) is 0.552. The average molecular weight is 274 g/mol. The van der Waals surface area contributed by atoms with Gasteiger partial charge in [-0.3, -0.25) is 0 Å². The van der Waals surface area contributed by atoms with Crippen LogP contribution in [0.5, 0.6) is 0 Å². The van der Waals surface area contributed by atoms with Crippen LogP contribution < -0.4 is 0 Å². The molecule has 14 nitrogen and oxygen atoms in total. The lowest BCUT2D eigenvalue weighted by molar-refractivity contribution is -0.711. The van der Waals surface area contributed by atoms with Crippen LogP contribution >= 0.6 is 0 Å². The van der Waals surface area contributed by atoms with Crippen LogP contribution in [-0.4, -0.2) is 52.9 Å². The van der Waals surface area contributed by atoms with Gasteiger partial charge in [0.1, 0.15) is 0 Å². The summed E-state index contributed by atoms with van der Waals surface area (Å²) in [5.41, 5.74) is 16.1. The highest BCUT2D eigenvalue weighted by Gasteiger charge is 2.23. The van der Waals surface area contributed by atoms with Gasteiger partial charge in [0.2, 0.25) is 6.67 Å². The van der Waals surface area contributed by atoms with Gasteiger partial charge in [-0.1, -0.05) is 10.2 Å². The Morgan fingerprint density at radius 1 is 0.947 bits per heavy atom. The minimum Gasteiger partial charge on any atom is -0.235 e. The highest BCUT2D eigenvalue weighted by atomic mass is 16.7. The molecule has 0 heterocycles. The first-order valence-electron chi connectivity index (χ1n) is 4.83. The van der Waals surface area contributed by atoms with E-state index in [2.05, 4.69) is 20.1 Å². The molecule has 0 saturated carbocycles. The summed E-state index contributed by atoms with van der Waals surface area (Å²) >= 11 is 0. The summed E-state index contributed by atoms with van der Waals surface area (Å²) in [6.07, 6.45) is 0. The summed E-state index contributed by atoms with van der Waals surface area (Å²) in [6.45, 7) is -1.56. The summed E-state index contributed by atoms with van der Waals surface area (Å²) in [6, 6.07) is 0. The molecule has 104 valence electrons. The van der Waals surface area contributed by atoms with Crippen LogP contribution in [0.1, 0.15) is 0 Å². The number of nitro groups is 2. The first-order valence-corrected chi connectivity index (χ1v) is 4.83. The fourth-order valence-electron chi connectivity index (χ4n) is 1.01. The fraction of sp³-hybridized carbons (Fsp3) is 1.00. The predicted molar refractivity (Wildman–Crippen MR) is 60.3 cm³/mol. The smallest absolute Gasteiger partial charge is 0.207 e. The molecule has 0 bridgehead atoms. The van der Waals surface area contributed by atoms with Gasteiger partial charge in [-0.05, 0) is 11.1 Å². The maximum Gasteiger partial charge on any atom is 0.207 e. The molecule has 0 amide bonds. The van der Waals surface area contributed by atoms with Gasteiger partial charge in [-0.2, -0.15) is 0 Å². The number of nitrogens with zero attached hydrogens (tertiary/aromatic N) is 10. The van der Waals surface area contributed by atoms with Crippen LogP contribution in [0.2, 0.25) is 0 Å². The van der Waals surface area contributed by atoms with E-state index >= 15 is 0 Å². The molecule has 0 aromatic heterocycles. The van der Waals surface area contributed by atoms with Crippen LogP contribution in [0, 0.1) is 20.2 Å². The Morgan fingerprint density at radius 2 is 1.32 bits per heavy atom. The Bertz CT molecular complexity index is 374. The third-order valence-electron chi connectivity index (χ3n) is 1.83. The van der Waals surface area contributed by atoms with Crippen molar-refractivity contribution in [3.63, 3.8) is 0 Å². The molecule has 19 heavy (non-hydrogen) atoms. The van der Waals surface area contributed by atoms with Gasteiger partial charge in [-0.25, -0.2) is 20.2 Å². The molecule has 0 rings (SSSR count). The SMILES string of the molecule is [N-]=[N+]=NCCN(CN(CCN=[N+]=[N-])[N+](=O)[O-])[N+](=O)[O-]. The van der Waals surface area contributed by atoms with E-state index in [-0.39, 0.29) is 26.2 Å². The van der Waals surface area contributed by atoms with Gasteiger partial charge in [0.15, 0.2) is 10.1 Å². The second kappa shape index (κ2) is 9.09. The Labute approximate surface area is 105 Å². The van der Waals surface area contributed by atoms with Crippen LogP contribution in [-0.2, 0) is 0 Å². The fourth-order valence-corrected chi connectivity index (χ4v) is 1.01. The molecule has 0 radical (unpaired) electrons. The van der Waals surface area contributed by atoms with E-state index < -0.39 is 16.7 Å². The highest BCUT2D eigenvalue weighted by Crippen LogP contribution is 1.96. The Hall–Kier alpha value is -2.98. The summed E-state index contributed by atoms with van der Waals surface area (Å²) < 4.78 is 0. The monoisotopic (exact) mass is 274 g/mol. The van der Waals surface area contributed by atoms with Gasteiger partial charge < -0.3 is 0 Å². The number of hydrogen-bond acceptors (Lipinski definition) is 6. The molecule has 0 aromatic carbocycles. The summed E-state index contributed by atoms with van der Waals surface area (Å²) in [7, 11) is 0. The van der Waals surface area contributed by atoms with Crippen molar-refractivity contribution in [2.24, 2.45) is 10.2 Å². The standard InChI is InChI=1S/C5H10N10O4/c6-10-8-1-3-12(14(16)17)5-13(15(18)19)4-2-9-11-7/h1-5H2. The van der Waals surface area contributed by atoms with Gasteiger partial charge in [-0.15, -0.1) is 10.0 Å². The molecule has 0 saturated heterocycles. The maximum atomic E-state index is 10.6. The molecule has 0 aromatic rings. The lowest BCUT2D eigenvalue weighted by Gasteiger charge is -2.18. The van der Waals surface area contributed by atoms with Gasteiger partial charge in [0.25, 0.3) is 0 Å². The van der Waals surface area contributed by atoms with Gasteiger partial charge in [0.05, 0.1) is 13.1 Å². The van der Waals surface area contributed by atoms with Crippen LogP contribution in [0.25, 0.3) is 20.9 Å². The summed E-state index contributed by atoms with van der Waals surface area (Å²) in [4.78, 5) is 26.1. The normalized spacial score (nSPS) is 8.84. The Morgan fingerprint density at radius 3 is 1.58 bits per heavy atom. The first-order chi connectivity index (χ1) is 9.02. The Kier molecular flexibility index (Phi) is 7.67. The van der Waals surface area contributed by atoms with Crippen molar-refractivity contribution in [3.8, 4) is 0 Å². The van der Waals surface area contributed by atoms with Crippen molar-refractivity contribution < 1.29 is 10.1 Å². The zero-order valence-corrected chi connectivity index (χ0v) is 9.64. The molecular formula is C5H10N10O4. The van der Waals surface area contributed by atoms with Crippen molar-refractivity contribution in [2.45, 2.75) is 0 Å². The third kappa shape index (κ3) is 7.04. The van der Waals surface area contributed by atoms with Gasteiger partial charge >= 0.3 is 0 Å². The number of rotatable bonds is 10. The molecule has 0 spiro atoms. The molecule has 14 heteroatoms. The molecule has 0 unspecified atom stereocenters. The second-order valence-corrected chi connectivity index (χ2v) is 2.99. The molecule has 0 fully saturated rings. The lowest BCUT2D eigenvalue weighted by atomic mass is 10.6. The maximum absolute atomic E-state index is 10.6. The number of azide groups is 2. The summed E-state index contributed by atoms with van der Waals surface area (Å²) in [5, 5.41) is 26.9. The number of hydrazine groups is 2. The lowest BCUT2D eigenvalue weighted by Crippen LogP contribution is -2.45. The molecule has 0 aliphatic rings. The summed E-state index contributed by atoms with van der Waals surface area (Å²) in [5.74, 6) is 0.